The van der Waals surface area contributed by atoms with Crippen molar-refractivity contribution in [1.29, 1.82) is 0 Å². The molecule has 0 aliphatic carbocycles. The van der Waals surface area contributed by atoms with Crippen molar-refractivity contribution >= 4 is 45.5 Å². The lowest BCUT2D eigenvalue weighted by molar-refractivity contribution is 0.495. The summed E-state index contributed by atoms with van der Waals surface area (Å²) in [6, 6.07) is 11.6. The topological polar surface area (TPSA) is 29.9 Å². The normalized spacial score (nSPS) is 11.3. The highest BCUT2D eigenvalue weighted by Gasteiger charge is 2.07. The quantitative estimate of drug-likeness (QED) is 0.659. The van der Waals surface area contributed by atoms with Crippen molar-refractivity contribution in [1.82, 2.24) is 9.78 Å². The van der Waals surface area contributed by atoms with Gasteiger partial charge in [-0.15, -0.1) is 0 Å². The van der Waals surface area contributed by atoms with E-state index < -0.39 is 0 Å². The Morgan fingerprint density at radius 1 is 1.14 bits per heavy atom. The van der Waals surface area contributed by atoms with Gasteiger partial charge < -0.3 is 5.32 Å². The molecule has 22 heavy (non-hydrogen) atoms. The molecule has 0 radical (unpaired) electrons. The molecule has 0 fully saturated rings. The number of rotatable bonds is 4. The maximum Gasteiger partial charge on any atom is 0.0684 e. The van der Waals surface area contributed by atoms with Crippen LogP contribution in [0.5, 0.6) is 0 Å². The highest BCUT2D eigenvalue weighted by Crippen LogP contribution is 2.29. The number of nitrogens with zero attached hydrogens (tertiary/aromatic N) is 2. The minimum Gasteiger partial charge on any atom is -0.354 e. The Labute approximate surface area is 139 Å². The van der Waals surface area contributed by atoms with E-state index in [9.17, 15) is 0 Å². The maximum atomic E-state index is 6.20. The average molecular weight is 334 g/mol. The Bertz CT molecular complexity index is 809. The van der Waals surface area contributed by atoms with E-state index in [1.807, 2.05) is 29.1 Å². The summed E-state index contributed by atoms with van der Waals surface area (Å²) in [6.07, 6.45) is 1.90. The van der Waals surface area contributed by atoms with Gasteiger partial charge in [0, 0.05) is 22.6 Å². The molecule has 0 saturated carbocycles. The average Bonchev–Trinajstić information content (AvgIpc) is 2.84. The highest BCUT2D eigenvalue weighted by molar-refractivity contribution is 6.36. The second-order valence-electron chi connectivity index (χ2n) is 5.74. The van der Waals surface area contributed by atoms with Gasteiger partial charge in [-0.1, -0.05) is 37.0 Å². The number of benzene rings is 2. The maximum absolute atomic E-state index is 6.20. The largest absolute Gasteiger partial charge is 0.354 e. The number of halogens is 2. The summed E-state index contributed by atoms with van der Waals surface area (Å²) in [5.41, 5.74) is 2.95. The minimum absolute atomic E-state index is 0.564. The summed E-state index contributed by atoms with van der Waals surface area (Å²) in [7, 11) is 0. The van der Waals surface area contributed by atoms with Gasteiger partial charge >= 0.3 is 0 Å². The molecule has 1 N–H and O–H groups in total. The molecule has 0 spiro atoms. The van der Waals surface area contributed by atoms with Crippen LogP contribution in [0.2, 0.25) is 10.0 Å². The second-order valence-corrected chi connectivity index (χ2v) is 6.59. The van der Waals surface area contributed by atoms with Crippen molar-refractivity contribution in [3.8, 4) is 0 Å². The summed E-state index contributed by atoms with van der Waals surface area (Å²) in [5.74, 6) is 0.564. The smallest absolute Gasteiger partial charge is 0.0684 e. The third-order valence-corrected chi connectivity index (χ3v) is 3.94. The van der Waals surface area contributed by atoms with Gasteiger partial charge in [0.05, 0.1) is 22.4 Å². The molecule has 2 aromatic carbocycles. The number of hydrogen-bond acceptors (Lipinski definition) is 2. The summed E-state index contributed by atoms with van der Waals surface area (Å²) >= 11 is 12.1. The first-order valence-electron chi connectivity index (χ1n) is 7.20. The van der Waals surface area contributed by atoms with E-state index >= 15 is 0 Å². The van der Waals surface area contributed by atoms with Gasteiger partial charge in [-0.3, -0.25) is 4.68 Å². The first-order chi connectivity index (χ1) is 10.5. The first-order valence-corrected chi connectivity index (χ1v) is 7.96. The van der Waals surface area contributed by atoms with Gasteiger partial charge in [0.2, 0.25) is 0 Å². The van der Waals surface area contributed by atoms with Crippen molar-refractivity contribution in [3.05, 3.63) is 52.6 Å². The molecule has 3 aromatic rings. The van der Waals surface area contributed by atoms with Crippen LogP contribution >= 0.6 is 23.2 Å². The van der Waals surface area contributed by atoms with Crippen LogP contribution in [0.15, 0.2) is 42.6 Å². The molecule has 0 aliphatic rings. The number of nitrogens with one attached hydrogen (secondary N) is 1. The number of hydrogen-bond donors (Lipinski definition) is 1. The van der Waals surface area contributed by atoms with Gasteiger partial charge in [0.15, 0.2) is 0 Å². The predicted octanol–water partition coefficient (Wildman–Crippen LogP) is 5.74. The fourth-order valence-corrected chi connectivity index (χ4v) is 2.86. The van der Waals surface area contributed by atoms with E-state index in [0.29, 0.717) is 16.0 Å². The Hall–Kier alpha value is -1.71. The molecule has 114 valence electrons. The molecular formula is C17H17Cl2N3. The first kappa shape index (κ1) is 15.2. The molecule has 0 atom stereocenters. The summed E-state index contributed by atoms with van der Waals surface area (Å²) in [4.78, 5) is 0. The van der Waals surface area contributed by atoms with Crippen LogP contribution < -0.4 is 5.32 Å². The van der Waals surface area contributed by atoms with Crippen LogP contribution in [0.25, 0.3) is 10.9 Å². The number of anilines is 2. The molecule has 0 aliphatic heterocycles. The van der Waals surface area contributed by atoms with Crippen LogP contribution in [0.1, 0.15) is 13.8 Å². The van der Waals surface area contributed by atoms with Crippen molar-refractivity contribution in [3.63, 3.8) is 0 Å². The molecule has 3 rings (SSSR count). The lowest BCUT2D eigenvalue weighted by Crippen LogP contribution is -2.05. The third-order valence-electron chi connectivity index (χ3n) is 3.39. The van der Waals surface area contributed by atoms with Crippen LogP contribution in [-0.2, 0) is 6.54 Å². The monoisotopic (exact) mass is 333 g/mol. The van der Waals surface area contributed by atoms with Gasteiger partial charge in [-0.2, -0.15) is 5.10 Å². The lowest BCUT2D eigenvalue weighted by Gasteiger charge is -2.10. The Kier molecular flexibility index (Phi) is 4.27. The van der Waals surface area contributed by atoms with E-state index in [1.165, 1.54) is 0 Å². The van der Waals surface area contributed by atoms with Crippen molar-refractivity contribution in [2.45, 2.75) is 20.4 Å². The molecule has 5 heteroatoms. The van der Waals surface area contributed by atoms with Gasteiger partial charge in [-0.25, -0.2) is 0 Å². The second kappa shape index (κ2) is 6.19. The van der Waals surface area contributed by atoms with Gasteiger partial charge in [-0.05, 0) is 42.3 Å². The molecule has 1 heterocycles. The molecular weight excluding hydrogens is 317 g/mol. The van der Waals surface area contributed by atoms with Crippen LogP contribution in [0.3, 0.4) is 0 Å². The molecule has 0 unspecified atom stereocenters. The molecule has 1 aromatic heterocycles. The minimum atomic E-state index is 0.564. The van der Waals surface area contributed by atoms with Gasteiger partial charge in [0.25, 0.3) is 0 Å². The summed E-state index contributed by atoms with van der Waals surface area (Å²) in [5, 5.41) is 10.1. The Morgan fingerprint density at radius 3 is 2.68 bits per heavy atom. The van der Waals surface area contributed by atoms with E-state index in [2.05, 4.69) is 36.4 Å². The zero-order valence-electron chi connectivity index (χ0n) is 12.5. The van der Waals surface area contributed by atoms with E-state index in [-0.39, 0.29) is 0 Å². The van der Waals surface area contributed by atoms with Crippen molar-refractivity contribution in [2.24, 2.45) is 5.92 Å². The fourth-order valence-electron chi connectivity index (χ4n) is 2.40. The van der Waals surface area contributed by atoms with Crippen LogP contribution in [0, 0.1) is 5.92 Å². The molecule has 0 saturated heterocycles. The van der Waals surface area contributed by atoms with E-state index in [1.54, 1.807) is 6.07 Å². The van der Waals surface area contributed by atoms with Crippen LogP contribution in [0.4, 0.5) is 11.4 Å². The van der Waals surface area contributed by atoms with Crippen molar-refractivity contribution in [2.75, 3.05) is 5.32 Å². The Balaban J connectivity index is 1.89. The number of fused-ring (bicyclic) bond motifs is 1. The molecule has 3 nitrogen and oxygen atoms in total. The third kappa shape index (κ3) is 3.21. The SMILES string of the molecule is CC(C)Cn1ncc2cc(Nc3ccc(Cl)cc3Cl)ccc21. The predicted molar refractivity (Wildman–Crippen MR) is 94.3 cm³/mol. The van der Waals surface area contributed by atoms with Crippen molar-refractivity contribution < 1.29 is 0 Å². The Morgan fingerprint density at radius 2 is 1.95 bits per heavy atom. The number of aromatic nitrogens is 2. The summed E-state index contributed by atoms with van der Waals surface area (Å²) < 4.78 is 2.04. The summed E-state index contributed by atoms with van der Waals surface area (Å²) in [6.45, 7) is 5.29. The zero-order chi connectivity index (χ0) is 15.7. The zero-order valence-corrected chi connectivity index (χ0v) is 14.0. The van der Waals surface area contributed by atoms with Crippen LogP contribution in [-0.4, -0.2) is 9.78 Å². The van der Waals surface area contributed by atoms with E-state index in [0.717, 1.165) is 28.8 Å². The molecule has 0 bridgehead atoms. The molecule has 0 amide bonds. The fraction of sp³-hybridized carbons (Fsp3) is 0.235. The van der Waals surface area contributed by atoms with Gasteiger partial charge in [0.1, 0.15) is 0 Å². The standard InChI is InChI=1S/C17H17Cl2N3/c1-11(2)10-22-17-6-4-14(7-12(17)9-20-22)21-16-5-3-13(18)8-15(16)19/h3-9,11,21H,10H2,1-2H3. The van der Waals surface area contributed by atoms with E-state index in [4.69, 9.17) is 23.2 Å². The highest BCUT2D eigenvalue weighted by atomic mass is 35.5. The lowest BCUT2D eigenvalue weighted by atomic mass is 10.2.